The van der Waals surface area contributed by atoms with E-state index in [4.69, 9.17) is 4.74 Å². The fraction of sp³-hybridized carbons (Fsp3) is 0.276. The smallest absolute Gasteiger partial charge is 0.337 e. The first kappa shape index (κ1) is 25.0. The molecule has 1 aliphatic rings. The molecule has 0 aliphatic carbocycles. The van der Waals surface area contributed by atoms with Gasteiger partial charge in [-0.1, -0.05) is 18.2 Å². The molecule has 1 heterocycles. The number of hydrogen-bond acceptors (Lipinski definition) is 5. The average molecular weight is 486 g/mol. The van der Waals surface area contributed by atoms with Crippen molar-refractivity contribution in [3.63, 3.8) is 0 Å². The summed E-state index contributed by atoms with van der Waals surface area (Å²) in [5, 5.41) is 6.48. The summed E-state index contributed by atoms with van der Waals surface area (Å²) in [5.74, 6) is -0.493. The van der Waals surface area contributed by atoms with E-state index in [0.29, 0.717) is 5.56 Å². The monoisotopic (exact) mass is 485 g/mol. The van der Waals surface area contributed by atoms with Crippen molar-refractivity contribution in [1.29, 1.82) is 0 Å². The number of ether oxygens (including phenoxy) is 1. The zero-order valence-corrected chi connectivity index (χ0v) is 21.2. The third kappa shape index (κ3) is 5.10. The molecule has 0 fully saturated rings. The Labute approximate surface area is 211 Å². The van der Waals surface area contributed by atoms with Crippen LogP contribution in [0.15, 0.2) is 60.7 Å². The number of rotatable bonds is 5. The molecule has 2 N–H and O–H groups in total. The number of amides is 2. The maximum absolute atomic E-state index is 12.5. The van der Waals surface area contributed by atoms with Crippen LogP contribution in [-0.2, 0) is 14.3 Å². The van der Waals surface area contributed by atoms with E-state index in [1.807, 2.05) is 60.4 Å². The fourth-order valence-corrected chi connectivity index (χ4v) is 4.90. The summed E-state index contributed by atoms with van der Waals surface area (Å²) in [6.07, 6.45) is 0.722. The molecule has 4 rings (SSSR count). The Morgan fingerprint density at radius 2 is 1.72 bits per heavy atom. The molecule has 2 amide bonds. The minimum Gasteiger partial charge on any atom is -0.465 e. The van der Waals surface area contributed by atoms with E-state index in [1.54, 1.807) is 13.0 Å². The number of nitrogens with zero attached hydrogens (tertiary/aromatic N) is 1. The van der Waals surface area contributed by atoms with Crippen LogP contribution in [0, 0.1) is 6.92 Å². The van der Waals surface area contributed by atoms with Crippen LogP contribution in [0.4, 0.5) is 17.1 Å². The predicted octanol–water partition coefficient (Wildman–Crippen LogP) is 5.71. The second-order valence-corrected chi connectivity index (χ2v) is 9.23. The van der Waals surface area contributed by atoms with Crippen LogP contribution >= 0.6 is 0 Å². The number of methoxy groups -OCH3 is 1. The zero-order chi connectivity index (χ0) is 26.0. The maximum Gasteiger partial charge on any atom is 0.337 e. The zero-order valence-electron chi connectivity index (χ0n) is 21.2. The minimum atomic E-state index is -0.371. The first-order valence-electron chi connectivity index (χ1n) is 11.9. The highest BCUT2D eigenvalue weighted by atomic mass is 16.5. The van der Waals surface area contributed by atoms with Crippen LogP contribution in [-0.4, -0.2) is 30.9 Å². The summed E-state index contributed by atoms with van der Waals surface area (Å²) in [4.78, 5) is 37.8. The molecule has 36 heavy (non-hydrogen) atoms. The Hall–Kier alpha value is -4.13. The molecule has 3 aromatic rings. The van der Waals surface area contributed by atoms with Crippen LogP contribution in [0.1, 0.15) is 54.7 Å². The summed E-state index contributed by atoms with van der Waals surface area (Å²) in [6.45, 7) is 7.08. The van der Waals surface area contributed by atoms with Crippen LogP contribution < -0.4 is 15.5 Å². The summed E-state index contributed by atoms with van der Waals surface area (Å²) in [5.41, 5.74) is 6.93. The van der Waals surface area contributed by atoms with Crippen LogP contribution in [0.2, 0.25) is 0 Å². The maximum atomic E-state index is 12.5. The fourth-order valence-electron chi connectivity index (χ4n) is 4.90. The Morgan fingerprint density at radius 1 is 0.972 bits per heavy atom. The van der Waals surface area contributed by atoms with Crippen molar-refractivity contribution in [2.75, 3.05) is 22.6 Å². The molecule has 7 nitrogen and oxygen atoms in total. The standard InChI is InChI=1S/C29H31N3O4/c1-17-13-23(29(35)36-5)9-11-26(17)31-27-14-18(2)32(20(4)34)28-12-10-22(16-25(27)28)21-7-6-8-24(15-21)30-19(3)33/h6-13,15-16,18,27,31H,14H2,1-5H3,(H,30,33)/t18-,27+/m0/s1. The molecular weight excluding hydrogens is 454 g/mol. The van der Waals surface area contributed by atoms with Gasteiger partial charge in [-0.3, -0.25) is 9.59 Å². The minimum absolute atomic E-state index is 0.00113. The van der Waals surface area contributed by atoms with Gasteiger partial charge in [0.1, 0.15) is 0 Å². The Balaban J connectivity index is 1.74. The number of nitrogens with one attached hydrogen (secondary N) is 2. The summed E-state index contributed by atoms with van der Waals surface area (Å²) in [7, 11) is 1.37. The van der Waals surface area contributed by atoms with E-state index in [1.165, 1.54) is 14.0 Å². The topological polar surface area (TPSA) is 87.7 Å². The molecule has 0 spiro atoms. The Bertz CT molecular complexity index is 1330. The summed E-state index contributed by atoms with van der Waals surface area (Å²) in [6, 6.07) is 19.2. The molecule has 3 aromatic carbocycles. The SMILES string of the molecule is COC(=O)c1ccc(N[C@@H]2C[C@H](C)N(C(C)=O)c3ccc(-c4cccc(NC(C)=O)c4)cc32)c(C)c1. The first-order chi connectivity index (χ1) is 17.2. The van der Waals surface area contributed by atoms with Gasteiger partial charge >= 0.3 is 5.97 Å². The van der Waals surface area contributed by atoms with E-state index >= 15 is 0 Å². The van der Waals surface area contributed by atoms with Crippen molar-refractivity contribution >= 4 is 34.8 Å². The predicted molar refractivity (Wildman–Crippen MR) is 142 cm³/mol. The number of carbonyl (C=O) groups is 3. The lowest BCUT2D eigenvalue weighted by Crippen LogP contribution is -2.43. The molecule has 2 atom stereocenters. The van der Waals surface area contributed by atoms with E-state index in [9.17, 15) is 14.4 Å². The number of anilines is 3. The van der Waals surface area contributed by atoms with Gasteiger partial charge < -0.3 is 20.3 Å². The van der Waals surface area contributed by atoms with Gasteiger partial charge in [0.25, 0.3) is 0 Å². The molecule has 0 bridgehead atoms. The molecule has 0 radical (unpaired) electrons. The van der Waals surface area contributed by atoms with Gasteiger partial charge in [-0.25, -0.2) is 4.79 Å². The van der Waals surface area contributed by atoms with Crippen molar-refractivity contribution < 1.29 is 19.1 Å². The highest BCUT2D eigenvalue weighted by Crippen LogP contribution is 2.41. The van der Waals surface area contributed by atoms with Gasteiger partial charge in [0.2, 0.25) is 11.8 Å². The molecule has 1 aliphatic heterocycles. The number of benzene rings is 3. The quantitative estimate of drug-likeness (QED) is 0.452. The van der Waals surface area contributed by atoms with Gasteiger partial charge in [0.05, 0.1) is 18.7 Å². The van der Waals surface area contributed by atoms with Gasteiger partial charge in [-0.2, -0.15) is 0 Å². The second-order valence-electron chi connectivity index (χ2n) is 9.23. The Kier molecular flexibility index (Phi) is 7.10. The van der Waals surface area contributed by atoms with E-state index in [0.717, 1.165) is 45.7 Å². The number of esters is 1. The highest BCUT2D eigenvalue weighted by molar-refractivity contribution is 5.95. The van der Waals surface area contributed by atoms with Gasteiger partial charge in [0, 0.05) is 37.0 Å². The normalized spacial score (nSPS) is 16.6. The van der Waals surface area contributed by atoms with Crippen LogP contribution in [0.5, 0.6) is 0 Å². The molecule has 0 saturated heterocycles. The molecule has 7 heteroatoms. The van der Waals surface area contributed by atoms with Crippen molar-refractivity contribution in [3.05, 3.63) is 77.4 Å². The van der Waals surface area contributed by atoms with Crippen molar-refractivity contribution in [3.8, 4) is 11.1 Å². The lowest BCUT2D eigenvalue weighted by molar-refractivity contribution is -0.117. The third-order valence-corrected chi connectivity index (χ3v) is 6.51. The lowest BCUT2D eigenvalue weighted by Gasteiger charge is -2.40. The number of hydrogen-bond donors (Lipinski definition) is 2. The van der Waals surface area contributed by atoms with Crippen molar-refractivity contribution in [1.82, 2.24) is 0 Å². The van der Waals surface area contributed by atoms with E-state index in [2.05, 4.69) is 23.6 Å². The van der Waals surface area contributed by atoms with E-state index in [-0.39, 0.29) is 29.9 Å². The van der Waals surface area contributed by atoms with Crippen molar-refractivity contribution in [2.45, 2.75) is 46.2 Å². The lowest BCUT2D eigenvalue weighted by atomic mass is 9.88. The summed E-state index contributed by atoms with van der Waals surface area (Å²) < 4.78 is 4.84. The third-order valence-electron chi connectivity index (χ3n) is 6.51. The van der Waals surface area contributed by atoms with Gasteiger partial charge in [0.15, 0.2) is 0 Å². The first-order valence-corrected chi connectivity index (χ1v) is 11.9. The molecular formula is C29H31N3O4. The van der Waals surface area contributed by atoms with Crippen LogP contribution in [0.25, 0.3) is 11.1 Å². The average Bonchev–Trinajstić information content (AvgIpc) is 2.84. The van der Waals surface area contributed by atoms with Crippen LogP contribution in [0.3, 0.4) is 0 Å². The van der Waals surface area contributed by atoms with Gasteiger partial charge in [-0.15, -0.1) is 0 Å². The highest BCUT2D eigenvalue weighted by Gasteiger charge is 2.33. The van der Waals surface area contributed by atoms with Crippen molar-refractivity contribution in [2.24, 2.45) is 0 Å². The molecule has 0 unspecified atom stereocenters. The Morgan fingerprint density at radius 3 is 2.39 bits per heavy atom. The van der Waals surface area contributed by atoms with Gasteiger partial charge in [-0.05, 0) is 85.0 Å². The number of fused-ring (bicyclic) bond motifs is 1. The second kappa shape index (κ2) is 10.2. The number of aryl methyl sites for hydroxylation is 1. The molecule has 186 valence electrons. The molecule has 0 aromatic heterocycles. The van der Waals surface area contributed by atoms with E-state index < -0.39 is 0 Å². The molecule has 0 saturated carbocycles. The largest absolute Gasteiger partial charge is 0.465 e. The summed E-state index contributed by atoms with van der Waals surface area (Å²) >= 11 is 0. The number of carbonyl (C=O) groups excluding carboxylic acids is 3.